The van der Waals surface area contributed by atoms with Gasteiger partial charge in [0.25, 0.3) is 5.79 Å². The summed E-state index contributed by atoms with van der Waals surface area (Å²) >= 11 is 6.16. The van der Waals surface area contributed by atoms with Crippen LogP contribution in [0.3, 0.4) is 0 Å². The number of aliphatic hydroxyl groups is 1. The third kappa shape index (κ3) is 2.03. The van der Waals surface area contributed by atoms with E-state index in [0.29, 0.717) is 40.5 Å². The first-order valence-corrected chi connectivity index (χ1v) is 9.14. The molecule has 2 aromatic rings. The number of carbonyl (C=O) groups is 2. The Labute approximate surface area is 160 Å². The summed E-state index contributed by atoms with van der Waals surface area (Å²) in [4.78, 5) is 26.4. The van der Waals surface area contributed by atoms with Crippen molar-refractivity contribution in [2.45, 2.75) is 30.3 Å². The molecule has 1 aliphatic carbocycles. The van der Waals surface area contributed by atoms with Gasteiger partial charge in [-0.15, -0.1) is 0 Å². The Morgan fingerprint density at radius 2 is 2.04 bits per heavy atom. The van der Waals surface area contributed by atoms with E-state index in [0.717, 1.165) is 6.42 Å². The van der Waals surface area contributed by atoms with Crippen molar-refractivity contribution in [3.05, 3.63) is 64.2 Å². The number of benzene rings is 2. The normalized spacial score (nSPS) is 30.4. The number of Topliss-reactive ketones (excluding diaryl/α,β-unsaturated/α-hetero) is 1. The van der Waals surface area contributed by atoms with E-state index >= 15 is 0 Å². The number of amides is 1. The molecule has 27 heavy (non-hydrogen) atoms. The molecule has 1 saturated heterocycles. The lowest BCUT2D eigenvalue weighted by molar-refractivity contribution is -0.177. The van der Waals surface area contributed by atoms with Crippen LogP contribution in [0.2, 0.25) is 5.02 Å². The lowest BCUT2D eigenvalue weighted by atomic mass is 9.82. The second-order valence-corrected chi connectivity index (χ2v) is 7.44. The number of hydrogen-bond donors (Lipinski definition) is 2. The minimum absolute atomic E-state index is 0.303. The van der Waals surface area contributed by atoms with E-state index in [1.165, 1.54) is 0 Å². The van der Waals surface area contributed by atoms with Crippen LogP contribution in [-0.2, 0) is 20.9 Å². The molecule has 0 bridgehead atoms. The fourth-order valence-corrected chi connectivity index (χ4v) is 4.44. The third-order valence-corrected chi connectivity index (χ3v) is 5.76. The molecule has 5 rings (SSSR count). The van der Waals surface area contributed by atoms with Crippen LogP contribution in [0.1, 0.15) is 34.3 Å². The summed E-state index contributed by atoms with van der Waals surface area (Å²) in [6.07, 6.45) is 0.663. The Kier molecular flexibility index (Phi) is 3.44. The number of ketones is 1. The molecule has 3 aliphatic rings. The number of halogens is 1. The van der Waals surface area contributed by atoms with Gasteiger partial charge in [-0.25, -0.2) is 0 Å². The standard InChI is InChI=1S/C20H16ClNO5/c21-11-7-8-15-14(10-11)19(22-18(24)16-6-3-9-26-16)17(23)12-4-1-2-5-13(12)20(19,25)27-15/h1-2,4-5,7-8,10,16,25H,3,6,9H2,(H,22,24). The molecule has 3 atom stereocenters. The Bertz CT molecular complexity index is 986. The Hall–Kier alpha value is -2.41. The van der Waals surface area contributed by atoms with E-state index in [4.69, 9.17) is 21.1 Å². The number of nitrogens with one attached hydrogen (secondary N) is 1. The molecule has 7 heteroatoms. The minimum Gasteiger partial charge on any atom is -0.454 e. The van der Waals surface area contributed by atoms with Crippen molar-refractivity contribution in [1.82, 2.24) is 5.32 Å². The lowest BCUT2D eigenvalue weighted by Gasteiger charge is -2.35. The second kappa shape index (κ2) is 5.55. The number of fused-ring (bicyclic) bond motifs is 5. The number of hydrogen-bond acceptors (Lipinski definition) is 5. The summed E-state index contributed by atoms with van der Waals surface area (Å²) < 4.78 is 11.3. The van der Waals surface area contributed by atoms with Gasteiger partial charge in [-0.3, -0.25) is 9.59 Å². The summed E-state index contributed by atoms with van der Waals surface area (Å²) in [6.45, 7) is 0.489. The van der Waals surface area contributed by atoms with Crippen molar-refractivity contribution < 1.29 is 24.2 Å². The molecule has 1 fully saturated rings. The van der Waals surface area contributed by atoms with Crippen LogP contribution in [0.15, 0.2) is 42.5 Å². The maximum atomic E-state index is 13.5. The Balaban J connectivity index is 1.72. The monoisotopic (exact) mass is 385 g/mol. The molecule has 0 radical (unpaired) electrons. The summed E-state index contributed by atoms with van der Waals surface area (Å²) in [5, 5.41) is 14.7. The highest BCUT2D eigenvalue weighted by Gasteiger charge is 2.71. The summed E-state index contributed by atoms with van der Waals surface area (Å²) in [5.74, 6) is -2.64. The van der Waals surface area contributed by atoms with Crippen molar-refractivity contribution in [2.75, 3.05) is 6.61 Å². The van der Waals surface area contributed by atoms with Gasteiger partial charge >= 0.3 is 0 Å². The molecular formula is C20H16ClNO5. The van der Waals surface area contributed by atoms with Crippen molar-refractivity contribution in [1.29, 1.82) is 0 Å². The van der Waals surface area contributed by atoms with Crippen LogP contribution in [0.4, 0.5) is 0 Å². The van der Waals surface area contributed by atoms with Crippen molar-refractivity contribution in [3.8, 4) is 5.75 Å². The highest BCUT2D eigenvalue weighted by molar-refractivity contribution is 6.30. The van der Waals surface area contributed by atoms with Gasteiger partial charge in [0.1, 0.15) is 11.9 Å². The maximum Gasteiger partial charge on any atom is 0.271 e. The van der Waals surface area contributed by atoms with Crippen molar-refractivity contribution in [3.63, 3.8) is 0 Å². The zero-order valence-electron chi connectivity index (χ0n) is 14.2. The van der Waals surface area contributed by atoms with Gasteiger partial charge in [-0.1, -0.05) is 35.9 Å². The molecule has 2 aliphatic heterocycles. The Morgan fingerprint density at radius 3 is 2.81 bits per heavy atom. The third-order valence-electron chi connectivity index (χ3n) is 5.52. The van der Waals surface area contributed by atoms with E-state index in [1.807, 2.05) is 0 Å². The fraction of sp³-hybridized carbons (Fsp3) is 0.300. The molecular weight excluding hydrogens is 370 g/mol. The molecule has 0 aromatic heterocycles. The molecule has 138 valence electrons. The second-order valence-electron chi connectivity index (χ2n) is 7.00. The average molecular weight is 386 g/mol. The molecule has 1 amide bonds. The molecule has 2 aromatic carbocycles. The minimum atomic E-state index is -2.05. The molecule has 6 nitrogen and oxygen atoms in total. The van der Waals surface area contributed by atoms with Crippen LogP contribution < -0.4 is 10.1 Å². The van der Waals surface area contributed by atoms with Gasteiger partial charge in [0.15, 0.2) is 0 Å². The van der Waals surface area contributed by atoms with Crippen LogP contribution >= 0.6 is 11.6 Å². The summed E-state index contributed by atoms with van der Waals surface area (Å²) in [6, 6.07) is 11.4. The topological polar surface area (TPSA) is 84.9 Å². The van der Waals surface area contributed by atoms with Crippen molar-refractivity contribution in [2.24, 2.45) is 0 Å². The van der Waals surface area contributed by atoms with E-state index in [2.05, 4.69) is 5.32 Å². The van der Waals surface area contributed by atoms with Crippen LogP contribution in [0.5, 0.6) is 5.75 Å². The van der Waals surface area contributed by atoms with Gasteiger partial charge in [0, 0.05) is 28.3 Å². The van der Waals surface area contributed by atoms with Crippen LogP contribution in [0.25, 0.3) is 0 Å². The zero-order valence-corrected chi connectivity index (χ0v) is 15.0. The van der Waals surface area contributed by atoms with Gasteiger partial charge < -0.3 is 19.9 Å². The molecule has 2 heterocycles. The van der Waals surface area contributed by atoms with Crippen LogP contribution in [0, 0.1) is 0 Å². The SMILES string of the molecule is O=C(NC12C(=O)c3ccccc3C1(O)Oc1ccc(Cl)cc12)C1CCCO1. The van der Waals surface area contributed by atoms with Crippen LogP contribution in [-0.4, -0.2) is 29.5 Å². The highest BCUT2D eigenvalue weighted by atomic mass is 35.5. The summed E-state index contributed by atoms with van der Waals surface area (Å²) in [5.41, 5.74) is -0.849. The highest BCUT2D eigenvalue weighted by Crippen LogP contribution is 2.58. The van der Waals surface area contributed by atoms with Gasteiger partial charge in [0.05, 0.1) is 0 Å². The van der Waals surface area contributed by atoms with Crippen molar-refractivity contribution >= 4 is 23.3 Å². The maximum absolute atomic E-state index is 13.5. The molecule has 0 saturated carbocycles. The smallest absolute Gasteiger partial charge is 0.271 e. The van der Waals surface area contributed by atoms with Gasteiger partial charge in [-0.2, -0.15) is 0 Å². The Morgan fingerprint density at radius 1 is 1.22 bits per heavy atom. The first-order chi connectivity index (χ1) is 13.0. The van der Waals surface area contributed by atoms with E-state index in [1.54, 1.807) is 42.5 Å². The first-order valence-electron chi connectivity index (χ1n) is 8.77. The zero-order chi connectivity index (χ0) is 18.8. The quantitative estimate of drug-likeness (QED) is 0.828. The predicted octanol–water partition coefficient (Wildman–Crippen LogP) is 2.26. The van der Waals surface area contributed by atoms with Gasteiger partial charge in [0.2, 0.25) is 17.2 Å². The van der Waals surface area contributed by atoms with E-state index in [-0.39, 0.29) is 0 Å². The average Bonchev–Trinajstić information content (AvgIpc) is 3.32. The molecule has 0 spiro atoms. The fourth-order valence-electron chi connectivity index (χ4n) is 4.27. The van der Waals surface area contributed by atoms with Gasteiger partial charge in [-0.05, 0) is 31.0 Å². The number of rotatable bonds is 2. The molecule has 3 unspecified atom stereocenters. The molecule has 2 N–H and O–H groups in total. The largest absolute Gasteiger partial charge is 0.454 e. The predicted molar refractivity (Wildman–Crippen MR) is 95.5 cm³/mol. The summed E-state index contributed by atoms with van der Waals surface area (Å²) in [7, 11) is 0. The number of carbonyl (C=O) groups excluding carboxylic acids is 2. The number of ether oxygens (including phenoxy) is 2. The lowest BCUT2D eigenvalue weighted by Crippen LogP contribution is -2.61. The van der Waals surface area contributed by atoms with E-state index in [9.17, 15) is 14.7 Å². The van der Waals surface area contributed by atoms with E-state index < -0.39 is 29.1 Å². The first kappa shape index (κ1) is 16.7.